The number of nitrogens with zero attached hydrogens (tertiary/aromatic N) is 1. The summed E-state index contributed by atoms with van der Waals surface area (Å²) in [5.74, 6) is -0.282. The molecule has 1 fully saturated rings. The number of halogens is 1. The van der Waals surface area contributed by atoms with Gasteiger partial charge in [-0.1, -0.05) is 23.7 Å². The molecular formula is C24H24ClN3O4S. The number of piperidine rings is 1. The maximum Gasteiger partial charge on any atom is 0.287 e. The summed E-state index contributed by atoms with van der Waals surface area (Å²) in [5, 5.41) is 6.79. The van der Waals surface area contributed by atoms with Crippen LogP contribution in [0.2, 0.25) is 5.02 Å². The zero-order valence-corrected chi connectivity index (χ0v) is 19.9. The Morgan fingerprint density at radius 1 is 1.06 bits per heavy atom. The van der Waals surface area contributed by atoms with E-state index in [0.29, 0.717) is 52.2 Å². The Hall–Kier alpha value is -3.10. The number of hydrogen-bond acceptors (Lipinski definition) is 5. The highest BCUT2D eigenvalue weighted by atomic mass is 35.5. The lowest BCUT2D eigenvalue weighted by atomic mass is 10.0. The minimum absolute atomic E-state index is 0.0130. The minimum atomic E-state index is -0.316. The third-order valence-electron chi connectivity index (χ3n) is 5.65. The van der Waals surface area contributed by atoms with E-state index < -0.39 is 0 Å². The fourth-order valence-electron chi connectivity index (χ4n) is 3.81. The van der Waals surface area contributed by atoms with Gasteiger partial charge in [0.25, 0.3) is 17.7 Å². The van der Waals surface area contributed by atoms with Crippen molar-refractivity contribution in [2.45, 2.75) is 32.7 Å². The van der Waals surface area contributed by atoms with Gasteiger partial charge < -0.3 is 20.0 Å². The molecule has 0 radical (unpaired) electrons. The standard InChI is InChI=1S/C24H24ClN3O4S/c1-14-9-12-32-20(14)23(30)26-16-7-10-28(11-8-16)24(31)21-15(2)13-19(33-21)27-22(29)17-5-3-4-6-18(17)25/h3-6,9,12-13,16H,7-8,10-11H2,1-2H3,(H,26,30)(H,27,29). The predicted octanol–water partition coefficient (Wildman–Crippen LogP) is 4.90. The van der Waals surface area contributed by atoms with Gasteiger partial charge in [-0.05, 0) is 56.5 Å². The fourth-order valence-corrected chi connectivity index (χ4v) is 5.06. The molecule has 1 aliphatic heterocycles. The van der Waals surface area contributed by atoms with Crippen LogP contribution in [0.1, 0.15) is 54.6 Å². The smallest absolute Gasteiger partial charge is 0.287 e. The molecule has 0 spiro atoms. The number of nitrogens with one attached hydrogen (secondary N) is 2. The van der Waals surface area contributed by atoms with Crippen molar-refractivity contribution in [1.82, 2.24) is 10.2 Å². The van der Waals surface area contributed by atoms with Crippen LogP contribution < -0.4 is 10.6 Å². The first kappa shape index (κ1) is 23.1. The van der Waals surface area contributed by atoms with Crippen LogP contribution in [0.5, 0.6) is 0 Å². The molecule has 172 valence electrons. The number of hydrogen-bond donors (Lipinski definition) is 2. The van der Waals surface area contributed by atoms with Gasteiger partial charge in [0.05, 0.1) is 26.7 Å². The van der Waals surface area contributed by atoms with E-state index in [9.17, 15) is 14.4 Å². The molecule has 4 rings (SSSR count). The highest BCUT2D eigenvalue weighted by Gasteiger charge is 2.28. The molecule has 2 aromatic heterocycles. The zero-order valence-electron chi connectivity index (χ0n) is 18.3. The number of benzene rings is 1. The van der Waals surface area contributed by atoms with E-state index in [1.54, 1.807) is 41.3 Å². The van der Waals surface area contributed by atoms with E-state index in [2.05, 4.69) is 10.6 Å². The van der Waals surface area contributed by atoms with E-state index in [1.165, 1.54) is 17.6 Å². The number of anilines is 1. The van der Waals surface area contributed by atoms with Gasteiger partial charge in [0, 0.05) is 24.7 Å². The largest absolute Gasteiger partial charge is 0.459 e. The molecule has 33 heavy (non-hydrogen) atoms. The van der Waals surface area contributed by atoms with Gasteiger partial charge in [0.2, 0.25) is 0 Å². The Morgan fingerprint density at radius 3 is 2.45 bits per heavy atom. The van der Waals surface area contributed by atoms with E-state index >= 15 is 0 Å². The molecule has 1 aliphatic rings. The number of carbonyl (C=O) groups excluding carboxylic acids is 3. The first-order valence-corrected chi connectivity index (χ1v) is 11.8. The molecule has 3 amide bonds. The lowest BCUT2D eigenvalue weighted by Gasteiger charge is -2.32. The third-order valence-corrected chi connectivity index (χ3v) is 7.12. The number of carbonyl (C=O) groups is 3. The molecule has 0 aliphatic carbocycles. The van der Waals surface area contributed by atoms with Crippen LogP contribution in [0.15, 0.2) is 47.1 Å². The van der Waals surface area contributed by atoms with Crippen LogP contribution in [-0.2, 0) is 0 Å². The van der Waals surface area contributed by atoms with Gasteiger partial charge in [-0.3, -0.25) is 14.4 Å². The summed E-state index contributed by atoms with van der Waals surface area (Å²) < 4.78 is 5.25. The summed E-state index contributed by atoms with van der Waals surface area (Å²) in [6.45, 7) is 4.76. The summed E-state index contributed by atoms with van der Waals surface area (Å²) in [6, 6.07) is 10.4. The molecule has 1 aromatic carbocycles. The molecule has 0 bridgehead atoms. The summed E-state index contributed by atoms with van der Waals surface area (Å²) in [4.78, 5) is 40.4. The fraction of sp³-hybridized carbons (Fsp3) is 0.292. The molecule has 1 saturated heterocycles. The SMILES string of the molecule is Cc1ccoc1C(=O)NC1CCN(C(=O)c2sc(NC(=O)c3ccccc3Cl)cc2C)CC1. The zero-order chi connectivity index (χ0) is 23.5. The predicted molar refractivity (Wildman–Crippen MR) is 128 cm³/mol. The quantitative estimate of drug-likeness (QED) is 0.537. The van der Waals surface area contributed by atoms with Crippen molar-refractivity contribution in [2.75, 3.05) is 18.4 Å². The number of aryl methyl sites for hydroxylation is 2. The van der Waals surface area contributed by atoms with E-state index in [0.717, 1.165) is 11.1 Å². The summed E-state index contributed by atoms with van der Waals surface area (Å²) in [7, 11) is 0. The second-order valence-corrected chi connectivity index (χ2v) is 9.49. The van der Waals surface area contributed by atoms with Crippen LogP contribution in [0.4, 0.5) is 5.00 Å². The highest BCUT2D eigenvalue weighted by molar-refractivity contribution is 7.18. The van der Waals surface area contributed by atoms with Gasteiger partial charge in [-0.2, -0.15) is 0 Å². The lowest BCUT2D eigenvalue weighted by Crippen LogP contribution is -2.46. The number of likely N-dealkylation sites (tertiary alicyclic amines) is 1. The van der Waals surface area contributed by atoms with Gasteiger partial charge in [-0.25, -0.2) is 0 Å². The van der Waals surface area contributed by atoms with Crippen molar-refractivity contribution >= 4 is 45.7 Å². The van der Waals surface area contributed by atoms with Gasteiger partial charge in [0.15, 0.2) is 5.76 Å². The first-order chi connectivity index (χ1) is 15.8. The lowest BCUT2D eigenvalue weighted by molar-refractivity contribution is 0.0699. The topological polar surface area (TPSA) is 91.7 Å². The van der Waals surface area contributed by atoms with Gasteiger partial charge in [-0.15, -0.1) is 11.3 Å². The molecular weight excluding hydrogens is 462 g/mol. The Balaban J connectivity index is 1.35. The highest BCUT2D eigenvalue weighted by Crippen LogP contribution is 2.30. The molecule has 3 aromatic rings. The Morgan fingerprint density at radius 2 is 1.79 bits per heavy atom. The second-order valence-electron chi connectivity index (χ2n) is 8.03. The van der Waals surface area contributed by atoms with Crippen LogP contribution in [0.25, 0.3) is 0 Å². The van der Waals surface area contributed by atoms with E-state index in [4.69, 9.17) is 16.0 Å². The molecule has 2 N–H and O–H groups in total. The number of rotatable bonds is 5. The molecule has 9 heteroatoms. The normalized spacial score (nSPS) is 14.2. The molecule has 0 unspecified atom stereocenters. The van der Waals surface area contributed by atoms with Crippen molar-refractivity contribution < 1.29 is 18.8 Å². The Kier molecular flexibility index (Phi) is 6.85. The summed E-state index contributed by atoms with van der Waals surface area (Å²) in [6.07, 6.45) is 2.83. The molecule has 3 heterocycles. The van der Waals surface area contributed by atoms with Crippen molar-refractivity contribution in [1.29, 1.82) is 0 Å². The molecule has 7 nitrogen and oxygen atoms in total. The average molecular weight is 486 g/mol. The molecule has 0 atom stereocenters. The monoisotopic (exact) mass is 485 g/mol. The van der Waals surface area contributed by atoms with Crippen LogP contribution >= 0.6 is 22.9 Å². The summed E-state index contributed by atoms with van der Waals surface area (Å²) >= 11 is 7.36. The number of amides is 3. The van der Waals surface area contributed by atoms with Gasteiger partial charge in [0.1, 0.15) is 0 Å². The van der Waals surface area contributed by atoms with Crippen molar-refractivity contribution in [3.8, 4) is 0 Å². The number of furan rings is 1. The summed E-state index contributed by atoms with van der Waals surface area (Å²) in [5.41, 5.74) is 1.99. The van der Waals surface area contributed by atoms with Crippen molar-refractivity contribution in [2.24, 2.45) is 0 Å². The van der Waals surface area contributed by atoms with Crippen LogP contribution in [0, 0.1) is 13.8 Å². The van der Waals surface area contributed by atoms with Gasteiger partial charge >= 0.3 is 0 Å². The van der Waals surface area contributed by atoms with Crippen LogP contribution in [0.3, 0.4) is 0 Å². The maximum absolute atomic E-state index is 13.1. The first-order valence-electron chi connectivity index (χ1n) is 10.6. The Bertz CT molecular complexity index is 1190. The molecule has 0 saturated carbocycles. The average Bonchev–Trinajstić information content (AvgIpc) is 3.39. The third kappa shape index (κ3) is 5.12. The van der Waals surface area contributed by atoms with Crippen molar-refractivity contribution in [3.63, 3.8) is 0 Å². The van der Waals surface area contributed by atoms with Crippen LogP contribution in [-0.4, -0.2) is 41.8 Å². The maximum atomic E-state index is 13.1. The second kappa shape index (κ2) is 9.80. The van der Waals surface area contributed by atoms with E-state index in [-0.39, 0.29) is 23.8 Å². The Labute approximate surface area is 200 Å². The minimum Gasteiger partial charge on any atom is -0.459 e. The van der Waals surface area contributed by atoms with Crippen molar-refractivity contribution in [3.05, 3.63) is 75.0 Å². The number of thiophene rings is 1. The van der Waals surface area contributed by atoms with E-state index in [1.807, 2.05) is 13.8 Å².